The lowest BCUT2D eigenvalue weighted by Gasteiger charge is -2.13. The van der Waals surface area contributed by atoms with E-state index in [0.717, 1.165) is 39.9 Å². The van der Waals surface area contributed by atoms with Gasteiger partial charge in [0.1, 0.15) is 18.2 Å². The summed E-state index contributed by atoms with van der Waals surface area (Å²) in [4.78, 5) is 17.2. The number of nitrogens with zero attached hydrogens (tertiary/aromatic N) is 2. The van der Waals surface area contributed by atoms with Gasteiger partial charge in [-0.05, 0) is 73.9 Å². The Kier molecular flexibility index (Phi) is 7.45. The van der Waals surface area contributed by atoms with Crippen molar-refractivity contribution in [2.24, 2.45) is 0 Å². The summed E-state index contributed by atoms with van der Waals surface area (Å²) >= 11 is 3.39. The molecule has 170 valence electrons. The average Bonchev–Trinajstić information content (AvgIpc) is 3.17. The van der Waals surface area contributed by atoms with Crippen LogP contribution in [0.25, 0.3) is 11.0 Å². The van der Waals surface area contributed by atoms with E-state index < -0.39 is 0 Å². The molecule has 6 heteroatoms. The van der Waals surface area contributed by atoms with Gasteiger partial charge in [0.05, 0.1) is 17.6 Å². The van der Waals surface area contributed by atoms with Gasteiger partial charge in [-0.3, -0.25) is 4.79 Å². The minimum absolute atomic E-state index is 0.0575. The molecule has 0 radical (unpaired) electrons. The van der Waals surface area contributed by atoms with Crippen LogP contribution < -0.4 is 10.1 Å². The smallest absolute Gasteiger partial charge is 0.251 e. The zero-order valence-corrected chi connectivity index (χ0v) is 20.6. The first-order valence-corrected chi connectivity index (χ1v) is 12.0. The monoisotopic (exact) mass is 505 g/mol. The number of fused-ring (bicyclic) bond motifs is 1. The molecule has 0 aliphatic heterocycles. The molecule has 0 aliphatic carbocycles. The quantitative estimate of drug-likeness (QED) is 0.290. The second kappa shape index (κ2) is 10.7. The van der Waals surface area contributed by atoms with E-state index in [1.54, 1.807) is 0 Å². The molecule has 5 nitrogen and oxygen atoms in total. The maximum atomic E-state index is 12.3. The van der Waals surface area contributed by atoms with Crippen LogP contribution in [0.5, 0.6) is 5.75 Å². The van der Waals surface area contributed by atoms with E-state index in [1.165, 1.54) is 11.1 Å². The summed E-state index contributed by atoms with van der Waals surface area (Å²) in [5.41, 5.74) is 5.16. The molecule has 3 aromatic carbocycles. The lowest BCUT2D eigenvalue weighted by atomic mass is 10.1. The number of carbonyl (C=O) groups excluding carboxylic acids is 1. The molecule has 1 heterocycles. The Hall–Kier alpha value is -3.12. The average molecular weight is 506 g/mol. The Balaban J connectivity index is 1.38. The van der Waals surface area contributed by atoms with E-state index in [-0.39, 0.29) is 5.91 Å². The summed E-state index contributed by atoms with van der Waals surface area (Å²) in [7, 11) is 0. The fourth-order valence-electron chi connectivity index (χ4n) is 3.84. The molecule has 4 aromatic rings. The second-order valence-electron chi connectivity index (χ2n) is 8.08. The van der Waals surface area contributed by atoms with Crippen LogP contribution in [0.4, 0.5) is 0 Å². The summed E-state index contributed by atoms with van der Waals surface area (Å²) in [6.07, 6.45) is 1.59. The molecule has 0 aliphatic rings. The van der Waals surface area contributed by atoms with Crippen molar-refractivity contribution in [3.8, 4) is 5.75 Å². The van der Waals surface area contributed by atoms with Gasteiger partial charge in [0.25, 0.3) is 5.91 Å². The number of benzene rings is 3. The number of amides is 1. The van der Waals surface area contributed by atoms with Crippen molar-refractivity contribution >= 4 is 32.9 Å². The van der Waals surface area contributed by atoms with Gasteiger partial charge in [-0.1, -0.05) is 40.2 Å². The van der Waals surface area contributed by atoms with Crippen LogP contribution >= 0.6 is 15.9 Å². The molecule has 0 saturated heterocycles. The lowest BCUT2D eigenvalue weighted by Crippen LogP contribution is -2.25. The molecule has 0 bridgehead atoms. The van der Waals surface area contributed by atoms with E-state index in [9.17, 15) is 4.79 Å². The Labute approximate surface area is 202 Å². The topological polar surface area (TPSA) is 56.1 Å². The number of halogens is 1. The van der Waals surface area contributed by atoms with E-state index in [2.05, 4.69) is 51.8 Å². The number of nitrogens with one attached hydrogen (secondary N) is 1. The van der Waals surface area contributed by atoms with Crippen LogP contribution in [-0.2, 0) is 13.0 Å². The number of hydrogen-bond acceptors (Lipinski definition) is 3. The van der Waals surface area contributed by atoms with Crippen LogP contribution in [0, 0.1) is 13.8 Å². The zero-order valence-electron chi connectivity index (χ0n) is 19.0. The summed E-state index contributed by atoms with van der Waals surface area (Å²) in [5.74, 6) is 1.88. The number of hydrogen-bond donors (Lipinski definition) is 1. The van der Waals surface area contributed by atoms with Gasteiger partial charge < -0.3 is 14.6 Å². The number of para-hydroxylation sites is 2. The number of ether oxygens (including phenoxy) is 1. The summed E-state index contributed by atoms with van der Waals surface area (Å²) in [5, 5.41) is 3.00. The highest BCUT2D eigenvalue weighted by Crippen LogP contribution is 2.21. The Morgan fingerprint density at radius 3 is 2.64 bits per heavy atom. The van der Waals surface area contributed by atoms with E-state index >= 15 is 0 Å². The zero-order chi connectivity index (χ0) is 23.2. The summed E-state index contributed by atoms with van der Waals surface area (Å²) in [6, 6.07) is 21.7. The van der Waals surface area contributed by atoms with Gasteiger partial charge in [-0.2, -0.15) is 0 Å². The Bertz CT molecular complexity index is 1250. The van der Waals surface area contributed by atoms with Crippen LogP contribution in [0.15, 0.2) is 71.2 Å². The maximum absolute atomic E-state index is 12.3. The predicted octanol–water partition coefficient (Wildman–Crippen LogP) is 5.86. The van der Waals surface area contributed by atoms with Crippen molar-refractivity contribution in [3.63, 3.8) is 0 Å². The highest BCUT2D eigenvalue weighted by atomic mass is 79.9. The molecule has 1 N–H and O–H groups in total. The van der Waals surface area contributed by atoms with E-state index in [4.69, 9.17) is 9.72 Å². The second-order valence-corrected chi connectivity index (χ2v) is 9.00. The standard InChI is InChI=1S/C27H28BrN3O2/c1-19-7-5-10-25(20(19)2)33-18-17-31-24-9-4-3-8-23(24)30-26(31)11-6-16-29-27(32)21-12-14-22(28)15-13-21/h3-5,7-10,12-15H,6,11,16-18H2,1-2H3,(H,29,32). The van der Waals surface area contributed by atoms with Gasteiger partial charge in [0.2, 0.25) is 0 Å². The van der Waals surface area contributed by atoms with Crippen molar-refractivity contribution in [2.75, 3.05) is 13.2 Å². The van der Waals surface area contributed by atoms with Crippen LogP contribution in [-0.4, -0.2) is 28.6 Å². The van der Waals surface area contributed by atoms with Crippen LogP contribution in [0.3, 0.4) is 0 Å². The summed E-state index contributed by atoms with van der Waals surface area (Å²) in [6.45, 7) is 6.06. The molecular formula is C27H28BrN3O2. The van der Waals surface area contributed by atoms with Gasteiger partial charge in [-0.15, -0.1) is 0 Å². The maximum Gasteiger partial charge on any atom is 0.251 e. The molecule has 33 heavy (non-hydrogen) atoms. The third kappa shape index (κ3) is 5.63. The predicted molar refractivity (Wildman–Crippen MR) is 136 cm³/mol. The van der Waals surface area contributed by atoms with Gasteiger partial charge in [0.15, 0.2) is 0 Å². The van der Waals surface area contributed by atoms with Crippen molar-refractivity contribution in [1.82, 2.24) is 14.9 Å². The fraction of sp³-hybridized carbons (Fsp3) is 0.259. The minimum atomic E-state index is -0.0575. The molecule has 0 atom stereocenters. The van der Waals surface area contributed by atoms with Gasteiger partial charge >= 0.3 is 0 Å². The first-order valence-electron chi connectivity index (χ1n) is 11.2. The van der Waals surface area contributed by atoms with Crippen molar-refractivity contribution < 1.29 is 9.53 Å². The molecule has 0 unspecified atom stereocenters. The first kappa shape index (κ1) is 23.1. The van der Waals surface area contributed by atoms with E-state index in [1.807, 2.05) is 54.6 Å². The van der Waals surface area contributed by atoms with Gasteiger partial charge in [-0.25, -0.2) is 4.98 Å². The van der Waals surface area contributed by atoms with Crippen molar-refractivity contribution in [3.05, 3.63) is 93.7 Å². The fourth-order valence-corrected chi connectivity index (χ4v) is 4.11. The highest BCUT2D eigenvalue weighted by Gasteiger charge is 2.12. The van der Waals surface area contributed by atoms with Crippen LogP contribution in [0.1, 0.15) is 33.7 Å². The number of imidazole rings is 1. The van der Waals surface area contributed by atoms with Crippen molar-refractivity contribution in [1.29, 1.82) is 0 Å². The molecule has 4 rings (SSSR count). The molecule has 1 aromatic heterocycles. The third-order valence-electron chi connectivity index (χ3n) is 5.83. The van der Waals surface area contributed by atoms with Crippen molar-refractivity contribution in [2.45, 2.75) is 33.2 Å². The third-order valence-corrected chi connectivity index (χ3v) is 6.36. The minimum Gasteiger partial charge on any atom is -0.491 e. The Morgan fingerprint density at radius 2 is 1.82 bits per heavy atom. The van der Waals surface area contributed by atoms with Gasteiger partial charge in [0, 0.05) is 23.0 Å². The Morgan fingerprint density at radius 1 is 1.03 bits per heavy atom. The molecule has 1 amide bonds. The van der Waals surface area contributed by atoms with Crippen LogP contribution in [0.2, 0.25) is 0 Å². The largest absolute Gasteiger partial charge is 0.491 e. The number of carbonyl (C=O) groups is 1. The van der Waals surface area contributed by atoms with E-state index in [0.29, 0.717) is 25.3 Å². The molecule has 0 saturated carbocycles. The normalized spacial score (nSPS) is 11.0. The molecule has 0 fully saturated rings. The number of rotatable bonds is 9. The molecule has 0 spiro atoms. The summed E-state index contributed by atoms with van der Waals surface area (Å²) < 4.78 is 9.29. The first-order chi connectivity index (χ1) is 16.0. The number of aryl methyl sites for hydroxylation is 2. The SMILES string of the molecule is Cc1cccc(OCCn2c(CCCNC(=O)c3ccc(Br)cc3)nc3ccccc32)c1C. The highest BCUT2D eigenvalue weighted by molar-refractivity contribution is 9.10. The molecular weight excluding hydrogens is 478 g/mol. The number of aromatic nitrogens is 2. The lowest BCUT2D eigenvalue weighted by molar-refractivity contribution is 0.0953.